The lowest BCUT2D eigenvalue weighted by molar-refractivity contribution is 0.0473. The fourth-order valence-corrected chi connectivity index (χ4v) is 3.26. The van der Waals surface area contributed by atoms with Crippen molar-refractivity contribution in [3.05, 3.63) is 70.3 Å². The third kappa shape index (κ3) is 4.07. The summed E-state index contributed by atoms with van der Waals surface area (Å²) in [6, 6.07) is 14.1. The van der Waals surface area contributed by atoms with Crippen LogP contribution >= 0.6 is 0 Å². The molecule has 29 heavy (non-hydrogen) atoms. The molecule has 3 rings (SSSR count). The first-order valence-electron chi connectivity index (χ1n) is 9.82. The molecule has 1 heterocycles. The maximum absolute atomic E-state index is 12.9. The van der Waals surface area contributed by atoms with Gasteiger partial charge in [0.05, 0.1) is 22.7 Å². The Bertz CT molecular complexity index is 1090. The van der Waals surface area contributed by atoms with Crippen LogP contribution in [0.15, 0.2) is 53.3 Å². The third-order valence-electron chi connectivity index (χ3n) is 5.80. The van der Waals surface area contributed by atoms with Crippen LogP contribution in [0, 0.1) is 12.3 Å². The molecule has 0 aliphatic heterocycles. The van der Waals surface area contributed by atoms with Gasteiger partial charge in [-0.25, -0.2) is 4.98 Å². The molecule has 2 atom stereocenters. The van der Waals surface area contributed by atoms with Crippen LogP contribution in [0.2, 0.25) is 0 Å². The molecule has 0 spiro atoms. The molecule has 3 aromatic rings. The number of aryl methyl sites for hydroxylation is 1. The van der Waals surface area contributed by atoms with E-state index in [1.54, 1.807) is 48.7 Å². The van der Waals surface area contributed by atoms with Crippen LogP contribution < -0.4 is 10.9 Å². The lowest BCUT2D eigenvalue weighted by atomic mass is 9.82. The zero-order chi connectivity index (χ0) is 21.2. The summed E-state index contributed by atoms with van der Waals surface area (Å²) in [5.41, 5.74) is 1.30. The summed E-state index contributed by atoms with van der Waals surface area (Å²) in [6.45, 7) is 7.85. The van der Waals surface area contributed by atoms with Crippen molar-refractivity contribution in [2.75, 3.05) is 6.54 Å². The van der Waals surface area contributed by atoms with E-state index in [2.05, 4.69) is 10.3 Å². The van der Waals surface area contributed by atoms with Gasteiger partial charge in [-0.1, -0.05) is 26.0 Å². The van der Waals surface area contributed by atoms with E-state index in [1.807, 2.05) is 32.0 Å². The number of benzene rings is 2. The van der Waals surface area contributed by atoms with E-state index in [0.717, 1.165) is 6.42 Å². The second-order valence-electron chi connectivity index (χ2n) is 7.73. The first-order valence-corrected chi connectivity index (χ1v) is 9.82. The Morgan fingerprint density at radius 1 is 1.21 bits per heavy atom. The van der Waals surface area contributed by atoms with Crippen LogP contribution in [0.1, 0.15) is 43.4 Å². The van der Waals surface area contributed by atoms with E-state index in [1.165, 1.54) is 0 Å². The number of carbonyl (C=O) groups excluding carboxylic acids is 1. The Morgan fingerprint density at radius 3 is 2.48 bits per heavy atom. The van der Waals surface area contributed by atoms with E-state index in [9.17, 15) is 14.7 Å². The summed E-state index contributed by atoms with van der Waals surface area (Å²) in [5.74, 6) is 0.374. The maximum Gasteiger partial charge on any atom is 0.265 e. The van der Waals surface area contributed by atoms with Crippen LogP contribution in [0.25, 0.3) is 16.6 Å². The molecule has 6 heteroatoms. The summed E-state index contributed by atoms with van der Waals surface area (Å²) >= 11 is 0. The Labute approximate surface area is 170 Å². The number of rotatable bonds is 6. The van der Waals surface area contributed by atoms with Gasteiger partial charge in [0.2, 0.25) is 0 Å². The molecule has 0 saturated carbocycles. The van der Waals surface area contributed by atoms with Crippen molar-refractivity contribution in [2.24, 2.45) is 5.41 Å². The van der Waals surface area contributed by atoms with Gasteiger partial charge in [-0.2, -0.15) is 0 Å². The second kappa shape index (κ2) is 8.17. The summed E-state index contributed by atoms with van der Waals surface area (Å²) in [4.78, 5) is 29.9. The highest BCUT2D eigenvalue weighted by molar-refractivity contribution is 5.94. The lowest BCUT2D eigenvalue weighted by Gasteiger charge is -2.31. The number of hydrogen-bond donors (Lipinski definition) is 2. The Balaban J connectivity index is 1.85. The van der Waals surface area contributed by atoms with Crippen molar-refractivity contribution in [1.82, 2.24) is 14.9 Å². The molecule has 0 saturated heterocycles. The fraction of sp³-hybridized carbons (Fsp3) is 0.348. The molecule has 2 N–H and O–H groups in total. The summed E-state index contributed by atoms with van der Waals surface area (Å²) in [6.07, 6.45) is 0.228. The third-order valence-corrected chi connectivity index (χ3v) is 5.80. The number of aliphatic hydroxyl groups is 1. The maximum atomic E-state index is 12.9. The van der Waals surface area contributed by atoms with Crippen LogP contribution in [0.3, 0.4) is 0 Å². The van der Waals surface area contributed by atoms with E-state index in [0.29, 0.717) is 34.5 Å². The number of nitrogens with one attached hydrogen (secondary N) is 1. The molecule has 0 aliphatic rings. The number of nitrogens with zero attached hydrogens (tertiary/aromatic N) is 2. The van der Waals surface area contributed by atoms with Crippen LogP contribution in [-0.4, -0.2) is 33.2 Å². The van der Waals surface area contributed by atoms with E-state index in [4.69, 9.17) is 0 Å². The molecular weight excluding hydrogens is 366 g/mol. The SMILES string of the molecule is CCC(C)(CNC(=O)c1ccc(-n2c(C)nc3ccccc3c2=O)cc1)C(C)O. The summed E-state index contributed by atoms with van der Waals surface area (Å²) in [7, 11) is 0. The van der Waals surface area contributed by atoms with Gasteiger partial charge in [0, 0.05) is 17.5 Å². The smallest absolute Gasteiger partial charge is 0.265 e. The number of aromatic nitrogens is 2. The topological polar surface area (TPSA) is 84.2 Å². The van der Waals surface area contributed by atoms with Crippen molar-refractivity contribution >= 4 is 16.8 Å². The van der Waals surface area contributed by atoms with Gasteiger partial charge in [0.1, 0.15) is 5.82 Å². The lowest BCUT2D eigenvalue weighted by Crippen LogP contribution is -2.41. The molecular formula is C23H27N3O3. The highest BCUT2D eigenvalue weighted by Crippen LogP contribution is 2.24. The zero-order valence-corrected chi connectivity index (χ0v) is 17.3. The molecule has 1 aromatic heterocycles. The monoisotopic (exact) mass is 393 g/mol. The van der Waals surface area contributed by atoms with E-state index < -0.39 is 6.10 Å². The molecule has 0 aliphatic carbocycles. The van der Waals surface area contributed by atoms with Crippen molar-refractivity contribution in [3.8, 4) is 5.69 Å². The average Bonchev–Trinajstić information content (AvgIpc) is 2.72. The standard InChI is InChI=1S/C23H27N3O3/c1-5-23(4,15(2)27)14-24-21(28)17-10-12-18(13-11-17)26-16(3)25-20-9-7-6-8-19(20)22(26)29/h6-13,15,27H,5,14H2,1-4H3,(H,24,28). The molecule has 0 radical (unpaired) electrons. The summed E-state index contributed by atoms with van der Waals surface area (Å²) < 4.78 is 1.55. The molecule has 6 nitrogen and oxygen atoms in total. The highest BCUT2D eigenvalue weighted by Gasteiger charge is 2.28. The zero-order valence-electron chi connectivity index (χ0n) is 17.3. The van der Waals surface area contributed by atoms with Gasteiger partial charge < -0.3 is 10.4 Å². The van der Waals surface area contributed by atoms with Gasteiger partial charge in [-0.05, 0) is 56.7 Å². The molecule has 0 fully saturated rings. The molecule has 2 unspecified atom stereocenters. The fourth-order valence-electron chi connectivity index (χ4n) is 3.26. The number of amides is 1. The number of carbonyl (C=O) groups is 1. The Hall–Kier alpha value is -2.99. The Morgan fingerprint density at radius 2 is 1.86 bits per heavy atom. The summed E-state index contributed by atoms with van der Waals surface area (Å²) in [5, 5.41) is 13.4. The van der Waals surface area contributed by atoms with Gasteiger partial charge >= 0.3 is 0 Å². The van der Waals surface area contributed by atoms with Gasteiger partial charge in [-0.15, -0.1) is 0 Å². The highest BCUT2D eigenvalue weighted by atomic mass is 16.3. The molecule has 2 aromatic carbocycles. The minimum atomic E-state index is -0.523. The first-order chi connectivity index (χ1) is 13.8. The van der Waals surface area contributed by atoms with Gasteiger partial charge in [0.15, 0.2) is 0 Å². The number of para-hydroxylation sites is 1. The molecule has 1 amide bonds. The minimum Gasteiger partial charge on any atom is -0.393 e. The van der Waals surface area contributed by atoms with Crippen molar-refractivity contribution in [1.29, 1.82) is 0 Å². The predicted octanol–water partition coefficient (Wildman–Crippen LogP) is 3.22. The largest absolute Gasteiger partial charge is 0.393 e. The number of fused-ring (bicyclic) bond motifs is 1. The Kier molecular flexibility index (Phi) is 5.84. The number of aliphatic hydroxyl groups excluding tert-OH is 1. The van der Waals surface area contributed by atoms with E-state index in [-0.39, 0.29) is 16.9 Å². The minimum absolute atomic E-state index is 0.138. The average molecular weight is 393 g/mol. The molecule has 0 bridgehead atoms. The van der Waals surface area contributed by atoms with E-state index >= 15 is 0 Å². The van der Waals surface area contributed by atoms with Crippen LogP contribution in [-0.2, 0) is 0 Å². The van der Waals surface area contributed by atoms with Crippen molar-refractivity contribution < 1.29 is 9.90 Å². The van der Waals surface area contributed by atoms with Crippen LogP contribution in [0.4, 0.5) is 0 Å². The normalized spacial score (nSPS) is 14.4. The number of hydrogen-bond acceptors (Lipinski definition) is 4. The molecule has 152 valence electrons. The quantitative estimate of drug-likeness (QED) is 0.673. The van der Waals surface area contributed by atoms with Gasteiger partial charge in [0.25, 0.3) is 11.5 Å². The second-order valence-corrected chi connectivity index (χ2v) is 7.73. The van der Waals surface area contributed by atoms with Crippen molar-refractivity contribution in [2.45, 2.75) is 40.2 Å². The van der Waals surface area contributed by atoms with Gasteiger partial charge in [-0.3, -0.25) is 14.2 Å². The van der Waals surface area contributed by atoms with Crippen LogP contribution in [0.5, 0.6) is 0 Å². The van der Waals surface area contributed by atoms with Crippen molar-refractivity contribution in [3.63, 3.8) is 0 Å². The predicted molar refractivity (Wildman–Crippen MR) is 114 cm³/mol. The first kappa shape index (κ1) is 20.7.